The summed E-state index contributed by atoms with van der Waals surface area (Å²) in [4.78, 5) is 0. The molecule has 2 aromatic carbocycles. The summed E-state index contributed by atoms with van der Waals surface area (Å²) in [6.45, 7) is 2.05. The zero-order chi connectivity index (χ0) is 13.7. The molecule has 1 nitrogen and oxygen atoms in total. The average Bonchev–Trinajstić information content (AvgIpc) is 2.43. The summed E-state index contributed by atoms with van der Waals surface area (Å²) in [5.41, 5.74) is 3.51. The van der Waals surface area contributed by atoms with Crippen LogP contribution in [0.4, 0.5) is 0 Å². The molecule has 0 aliphatic rings. The van der Waals surface area contributed by atoms with Gasteiger partial charge in [0.1, 0.15) is 0 Å². The first kappa shape index (κ1) is 14.3. The lowest BCUT2D eigenvalue weighted by molar-refractivity contribution is 0.164. The van der Waals surface area contributed by atoms with Crippen molar-refractivity contribution in [1.29, 1.82) is 0 Å². The molecule has 2 heteroatoms. The minimum absolute atomic E-state index is 0.365. The Labute approximate surface area is 123 Å². The van der Waals surface area contributed by atoms with E-state index in [9.17, 15) is 5.11 Å². The van der Waals surface area contributed by atoms with Crippen LogP contribution in [-0.4, -0.2) is 5.11 Å². The van der Waals surface area contributed by atoms with E-state index in [2.05, 4.69) is 46.3 Å². The van der Waals surface area contributed by atoms with Gasteiger partial charge in [-0.05, 0) is 48.9 Å². The largest absolute Gasteiger partial charge is 0.388 e. The Hall–Kier alpha value is -1.12. The lowest BCUT2D eigenvalue weighted by Crippen LogP contribution is -1.99. The van der Waals surface area contributed by atoms with Crippen molar-refractivity contribution in [2.24, 2.45) is 0 Å². The molecule has 1 unspecified atom stereocenters. The van der Waals surface area contributed by atoms with Crippen molar-refractivity contribution in [3.63, 3.8) is 0 Å². The summed E-state index contributed by atoms with van der Waals surface area (Å²) in [6.07, 6.45) is 2.46. The molecule has 0 aromatic heterocycles. The van der Waals surface area contributed by atoms with Gasteiger partial charge in [0.2, 0.25) is 0 Å². The van der Waals surface area contributed by atoms with Gasteiger partial charge in [-0.25, -0.2) is 0 Å². The van der Waals surface area contributed by atoms with E-state index in [1.54, 1.807) is 0 Å². The summed E-state index contributed by atoms with van der Waals surface area (Å²) in [7, 11) is 0. The highest BCUT2D eigenvalue weighted by Crippen LogP contribution is 2.24. The van der Waals surface area contributed by atoms with Crippen molar-refractivity contribution in [3.05, 3.63) is 69.7 Å². The van der Waals surface area contributed by atoms with Crippen molar-refractivity contribution in [2.45, 2.75) is 32.3 Å². The number of rotatable bonds is 5. The predicted octanol–water partition coefficient (Wildman–Crippen LogP) is 4.81. The fraction of sp³-hybridized carbons (Fsp3) is 0.294. The first-order chi connectivity index (χ1) is 9.16. The first-order valence-corrected chi connectivity index (χ1v) is 7.44. The highest BCUT2D eigenvalue weighted by Gasteiger charge is 2.08. The Balaban J connectivity index is 1.87. The van der Waals surface area contributed by atoms with E-state index in [0.29, 0.717) is 0 Å². The van der Waals surface area contributed by atoms with Gasteiger partial charge in [-0.2, -0.15) is 0 Å². The summed E-state index contributed by atoms with van der Waals surface area (Å²) in [5.74, 6) is 0. The minimum Gasteiger partial charge on any atom is -0.388 e. The van der Waals surface area contributed by atoms with Gasteiger partial charge in [0.05, 0.1) is 6.10 Å². The zero-order valence-electron chi connectivity index (χ0n) is 11.1. The molecule has 2 aromatic rings. The van der Waals surface area contributed by atoms with Crippen LogP contribution in [0.15, 0.2) is 53.0 Å². The smallest absolute Gasteiger partial charge is 0.0790 e. The Morgan fingerprint density at radius 1 is 1.11 bits per heavy atom. The molecule has 19 heavy (non-hydrogen) atoms. The van der Waals surface area contributed by atoms with Gasteiger partial charge in [-0.15, -0.1) is 0 Å². The highest BCUT2D eigenvalue weighted by atomic mass is 79.9. The van der Waals surface area contributed by atoms with Crippen molar-refractivity contribution in [3.8, 4) is 0 Å². The van der Waals surface area contributed by atoms with Crippen molar-refractivity contribution >= 4 is 15.9 Å². The molecule has 0 amide bonds. The third kappa shape index (κ3) is 4.19. The van der Waals surface area contributed by atoms with E-state index < -0.39 is 0 Å². The average molecular weight is 319 g/mol. The number of benzene rings is 2. The molecule has 0 bridgehead atoms. The molecule has 1 atom stereocenters. The van der Waals surface area contributed by atoms with Crippen LogP contribution in [0, 0.1) is 6.92 Å². The standard InChI is InChI=1S/C17H19BrO/c1-13-12-15(10-11-16(13)18)17(19)9-5-8-14-6-3-2-4-7-14/h2-4,6-7,10-12,17,19H,5,8-9H2,1H3. The number of aliphatic hydroxyl groups excluding tert-OH is 1. The Morgan fingerprint density at radius 2 is 1.84 bits per heavy atom. The molecule has 0 radical (unpaired) electrons. The van der Waals surface area contributed by atoms with Crippen LogP contribution in [0.1, 0.15) is 35.6 Å². The van der Waals surface area contributed by atoms with Gasteiger partial charge >= 0.3 is 0 Å². The number of aryl methyl sites for hydroxylation is 2. The fourth-order valence-corrected chi connectivity index (χ4v) is 2.43. The van der Waals surface area contributed by atoms with Gasteiger partial charge in [0, 0.05) is 4.47 Å². The number of halogens is 1. The second-order valence-electron chi connectivity index (χ2n) is 4.90. The second-order valence-corrected chi connectivity index (χ2v) is 5.76. The molecule has 0 heterocycles. The maximum absolute atomic E-state index is 10.2. The SMILES string of the molecule is Cc1cc(C(O)CCCc2ccccc2)ccc1Br. The lowest BCUT2D eigenvalue weighted by atomic mass is 10.0. The van der Waals surface area contributed by atoms with Gasteiger partial charge in [0.25, 0.3) is 0 Å². The van der Waals surface area contributed by atoms with Gasteiger partial charge in [-0.3, -0.25) is 0 Å². The van der Waals surface area contributed by atoms with Crippen molar-refractivity contribution in [2.75, 3.05) is 0 Å². The van der Waals surface area contributed by atoms with E-state index in [1.807, 2.05) is 25.1 Å². The molecule has 0 aliphatic carbocycles. The van der Waals surface area contributed by atoms with Crippen LogP contribution >= 0.6 is 15.9 Å². The van der Waals surface area contributed by atoms with Crippen molar-refractivity contribution < 1.29 is 5.11 Å². The number of hydrogen-bond donors (Lipinski definition) is 1. The van der Waals surface area contributed by atoms with E-state index >= 15 is 0 Å². The van der Waals surface area contributed by atoms with Crippen LogP contribution in [0.25, 0.3) is 0 Å². The molecular formula is C17H19BrO. The summed E-state index contributed by atoms with van der Waals surface area (Å²) in [6, 6.07) is 16.5. The maximum Gasteiger partial charge on any atom is 0.0790 e. The van der Waals surface area contributed by atoms with Gasteiger partial charge in [0.15, 0.2) is 0 Å². The van der Waals surface area contributed by atoms with Crippen LogP contribution in [-0.2, 0) is 6.42 Å². The zero-order valence-corrected chi connectivity index (χ0v) is 12.7. The van der Waals surface area contributed by atoms with E-state index in [4.69, 9.17) is 0 Å². The summed E-state index contributed by atoms with van der Waals surface area (Å²) >= 11 is 3.48. The first-order valence-electron chi connectivity index (χ1n) is 6.65. The molecule has 0 fully saturated rings. The Bertz CT molecular complexity index is 522. The van der Waals surface area contributed by atoms with E-state index in [1.165, 1.54) is 11.1 Å². The maximum atomic E-state index is 10.2. The van der Waals surface area contributed by atoms with Crippen molar-refractivity contribution in [1.82, 2.24) is 0 Å². The highest BCUT2D eigenvalue weighted by molar-refractivity contribution is 9.10. The molecule has 2 rings (SSSR count). The molecule has 0 spiro atoms. The van der Waals surface area contributed by atoms with E-state index in [0.717, 1.165) is 29.3 Å². The Kier molecular flexibility index (Phi) is 5.17. The minimum atomic E-state index is -0.365. The van der Waals surface area contributed by atoms with Crippen LogP contribution in [0.2, 0.25) is 0 Å². The Morgan fingerprint density at radius 3 is 2.53 bits per heavy atom. The molecule has 1 N–H and O–H groups in total. The number of hydrogen-bond acceptors (Lipinski definition) is 1. The van der Waals surface area contributed by atoms with Gasteiger partial charge < -0.3 is 5.11 Å². The molecule has 100 valence electrons. The van der Waals surface area contributed by atoms with Crippen LogP contribution < -0.4 is 0 Å². The predicted molar refractivity (Wildman–Crippen MR) is 83.2 cm³/mol. The third-order valence-corrected chi connectivity index (χ3v) is 4.24. The molecular weight excluding hydrogens is 300 g/mol. The quantitative estimate of drug-likeness (QED) is 0.838. The monoisotopic (exact) mass is 318 g/mol. The summed E-state index contributed by atoms with van der Waals surface area (Å²) in [5, 5.41) is 10.2. The molecule has 0 aliphatic heterocycles. The second kappa shape index (κ2) is 6.88. The topological polar surface area (TPSA) is 20.2 Å². The van der Waals surface area contributed by atoms with E-state index in [-0.39, 0.29) is 6.10 Å². The lowest BCUT2D eigenvalue weighted by Gasteiger charge is -2.12. The van der Waals surface area contributed by atoms with Gasteiger partial charge in [-0.1, -0.05) is 58.4 Å². The van der Waals surface area contributed by atoms with Crippen LogP contribution in [0.5, 0.6) is 0 Å². The normalized spacial score (nSPS) is 12.4. The fourth-order valence-electron chi connectivity index (χ4n) is 2.19. The molecule has 0 saturated carbocycles. The molecule has 0 saturated heterocycles. The summed E-state index contributed by atoms with van der Waals surface area (Å²) < 4.78 is 1.09. The number of aliphatic hydroxyl groups is 1. The van der Waals surface area contributed by atoms with Crippen LogP contribution in [0.3, 0.4) is 0 Å². The third-order valence-electron chi connectivity index (χ3n) is 3.35.